The van der Waals surface area contributed by atoms with Gasteiger partial charge >= 0.3 is 0 Å². The molecule has 44 heavy (non-hydrogen) atoms. The zero-order valence-corrected chi connectivity index (χ0v) is 23.4. The highest BCUT2D eigenvalue weighted by atomic mass is 16.2. The van der Waals surface area contributed by atoms with Crippen molar-refractivity contribution in [3.05, 3.63) is 155 Å². The maximum atomic E-state index is 13.8. The highest BCUT2D eigenvalue weighted by Gasteiger charge is 2.40. The summed E-state index contributed by atoms with van der Waals surface area (Å²) in [5, 5.41) is 0.695. The predicted octanol–water partition coefficient (Wildman–Crippen LogP) is 7.54. The van der Waals surface area contributed by atoms with Crippen molar-refractivity contribution in [2.45, 2.75) is 6.42 Å². The Morgan fingerprint density at radius 3 is 1.52 bits per heavy atom. The largest absolute Gasteiger partial charge is 0.268 e. The van der Waals surface area contributed by atoms with Crippen molar-refractivity contribution in [1.29, 1.82) is 0 Å². The molecule has 0 spiro atoms. The van der Waals surface area contributed by atoms with E-state index in [-0.39, 0.29) is 28.2 Å². The van der Waals surface area contributed by atoms with Crippen molar-refractivity contribution in [2.75, 3.05) is 9.80 Å². The van der Waals surface area contributed by atoms with Gasteiger partial charge in [0, 0.05) is 38.9 Å². The molecule has 4 aliphatic rings. The van der Waals surface area contributed by atoms with E-state index in [4.69, 9.17) is 0 Å². The van der Waals surface area contributed by atoms with Gasteiger partial charge < -0.3 is 0 Å². The van der Waals surface area contributed by atoms with Crippen LogP contribution in [0.15, 0.2) is 121 Å². The standard InChI is InChI=1S/C38H24N2O4/c41-35-29-19-21-31-34-32(38(44)40(37(31)43)28-17-13-26(14-18-28)25-7-3-4-8-25)22-20-30(33(29)34)36(42)39(35)27-15-11-24(12-16-27)10-9-23-5-1-2-6-23/h1-3,5-23H,4H2/b10-9+. The molecule has 4 aromatic carbocycles. The highest BCUT2D eigenvalue weighted by Crippen LogP contribution is 2.40. The lowest BCUT2D eigenvalue weighted by Crippen LogP contribution is -2.43. The molecule has 210 valence electrons. The molecule has 0 unspecified atom stereocenters. The van der Waals surface area contributed by atoms with Crippen LogP contribution < -0.4 is 9.80 Å². The molecule has 6 nitrogen and oxygen atoms in total. The van der Waals surface area contributed by atoms with Crippen LogP contribution in [0.25, 0.3) is 22.4 Å². The summed E-state index contributed by atoms with van der Waals surface area (Å²) < 4.78 is 0. The van der Waals surface area contributed by atoms with Crippen molar-refractivity contribution in [2.24, 2.45) is 5.92 Å². The lowest BCUT2D eigenvalue weighted by Gasteiger charge is -2.32. The number of anilines is 2. The fraction of sp³-hybridized carbons (Fsp3) is 0.0526. The van der Waals surface area contributed by atoms with E-state index in [2.05, 4.69) is 30.4 Å². The molecular formula is C38H24N2O4. The Balaban J connectivity index is 1.14. The molecule has 0 radical (unpaired) electrons. The lowest BCUT2D eigenvalue weighted by molar-refractivity contribution is 0.0873. The van der Waals surface area contributed by atoms with Crippen LogP contribution in [-0.2, 0) is 0 Å². The number of benzene rings is 4. The molecule has 4 aromatic rings. The van der Waals surface area contributed by atoms with Gasteiger partial charge in [-0.2, -0.15) is 0 Å². The van der Waals surface area contributed by atoms with Crippen LogP contribution in [0.4, 0.5) is 11.4 Å². The van der Waals surface area contributed by atoms with Gasteiger partial charge in [0.05, 0.1) is 11.4 Å². The average Bonchev–Trinajstić information content (AvgIpc) is 3.78. The van der Waals surface area contributed by atoms with Crippen molar-refractivity contribution in [1.82, 2.24) is 0 Å². The number of imide groups is 2. The minimum atomic E-state index is -0.496. The number of carbonyl (C=O) groups excluding carboxylic acids is 4. The molecule has 6 heteroatoms. The molecular weight excluding hydrogens is 548 g/mol. The van der Waals surface area contributed by atoms with Crippen LogP contribution in [0, 0.1) is 5.92 Å². The maximum absolute atomic E-state index is 13.8. The number of nitrogens with zero attached hydrogens (tertiary/aromatic N) is 2. The maximum Gasteiger partial charge on any atom is 0.265 e. The zero-order valence-electron chi connectivity index (χ0n) is 23.4. The van der Waals surface area contributed by atoms with E-state index in [9.17, 15) is 19.2 Å². The van der Waals surface area contributed by atoms with E-state index >= 15 is 0 Å². The fourth-order valence-electron chi connectivity index (χ4n) is 6.35. The van der Waals surface area contributed by atoms with Crippen LogP contribution in [0.5, 0.6) is 0 Å². The van der Waals surface area contributed by atoms with Gasteiger partial charge in [-0.25, -0.2) is 9.80 Å². The summed E-state index contributed by atoms with van der Waals surface area (Å²) in [6.45, 7) is 0. The van der Waals surface area contributed by atoms with Gasteiger partial charge in [0.1, 0.15) is 0 Å². The molecule has 2 aliphatic carbocycles. The normalized spacial score (nSPS) is 17.2. The summed E-state index contributed by atoms with van der Waals surface area (Å²) in [4.78, 5) is 57.5. The van der Waals surface area contributed by atoms with Crippen LogP contribution in [0.1, 0.15) is 59.0 Å². The third-order valence-electron chi connectivity index (χ3n) is 8.56. The molecule has 0 saturated heterocycles. The molecule has 0 aromatic heterocycles. The van der Waals surface area contributed by atoms with Crippen molar-refractivity contribution >= 4 is 57.4 Å². The van der Waals surface area contributed by atoms with Gasteiger partial charge in [-0.1, -0.05) is 78.9 Å². The first-order valence-electron chi connectivity index (χ1n) is 14.5. The summed E-state index contributed by atoms with van der Waals surface area (Å²) in [5.41, 5.74) is 5.07. The molecule has 2 aliphatic heterocycles. The van der Waals surface area contributed by atoms with E-state index in [1.54, 1.807) is 48.5 Å². The second-order valence-corrected chi connectivity index (χ2v) is 11.1. The number of hydrogen-bond acceptors (Lipinski definition) is 4. The quantitative estimate of drug-likeness (QED) is 0.232. The SMILES string of the molecule is O=C1c2ccc3c4c(ccc(c24)C(=O)N1c1ccc(/C=C/C2C=CC=C2)cc1)C(=O)N(c1ccc(C2=CCC=C2)cc1)C3=O. The van der Waals surface area contributed by atoms with Crippen molar-refractivity contribution in [3.63, 3.8) is 0 Å². The van der Waals surface area contributed by atoms with Crippen LogP contribution in [-0.4, -0.2) is 23.6 Å². The summed E-state index contributed by atoms with van der Waals surface area (Å²) in [6, 6.07) is 20.9. The van der Waals surface area contributed by atoms with E-state index in [1.165, 1.54) is 0 Å². The van der Waals surface area contributed by atoms with E-state index < -0.39 is 23.6 Å². The fourth-order valence-corrected chi connectivity index (χ4v) is 6.35. The van der Waals surface area contributed by atoms with Gasteiger partial charge in [0.15, 0.2) is 0 Å². The Bertz CT molecular complexity index is 2030. The summed E-state index contributed by atoms with van der Waals surface area (Å²) in [5.74, 6) is -1.73. The van der Waals surface area contributed by atoms with Gasteiger partial charge in [-0.3, -0.25) is 19.2 Å². The summed E-state index contributed by atoms with van der Waals surface area (Å²) in [6.07, 6.45) is 19.4. The minimum absolute atomic E-state index is 0.252. The first kappa shape index (κ1) is 25.8. The van der Waals surface area contributed by atoms with Crippen molar-refractivity contribution < 1.29 is 19.2 Å². The molecule has 8 rings (SSSR count). The van der Waals surface area contributed by atoms with Gasteiger partial charge in [-0.05, 0) is 71.7 Å². The first-order valence-corrected chi connectivity index (χ1v) is 14.5. The Kier molecular flexibility index (Phi) is 5.78. The molecule has 0 atom stereocenters. The topological polar surface area (TPSA) is 74.8 Å². The lowest BCUT2D eigenvalue weighted by atomic mass is 9.85. The molecule has 0 fully saturated rings. The minimum Gasteiger partial charge on any atom is -0.268 e. The van der Waals surface area contributed by atoms with Gasteiger partial charge in [0.2, 0.25) is 0 Å². The number of carbonyl (C=O) groups is 4. The van der Waals surface area contributed by atoms with Gasteiger partial charge in [0.25, 0.3) is 23.6 Å². The Morgan fingerprint density at radius 1 is 0.591 bits per heavy atom. The average molecular weight is 573 g/mol. The number of amides is 4. The number of hydrogen-bond donors (Lipinski definition) is 0. The monoisotopic (exact) mass is 572 g/mol. The Morgan fingerprint density at radius 2 is 1.07 bits per heavy atom. The Labute approximate surface area is 253 Å². The molecule has 2 heterocycles. The second kappa shape index (κ2) is 9.85. The summed E-state index contributed by atoms with van der Waals surface area (Å²) >= 11 is 0. The van der Waals surface area contributed by atoms with E-state index in [0.717, 1.165) is 32.9 Å². The van der Waals surface area contributed by atoms with Crippen LogP contribution in [0.2, 0.25) is 0 Å². The molecule has 4 amide bonds. The third kappa shape index (κ3) is 3.88. The smallest absolute Gasteiger partial charge is 0.265 e. The molecule has 0 saturated carbocycles. The van der Waals surface area contributed by atoms with E-state index in [1.807, 2.05) is 48.6 Å². The third-order valence-corrected chi connectivity index (χ3v) is 8.56. The first-order chi connectivity index (χ1) is 21.5. The van der Waals surface area contributed by atoms with E-state index in [0.29, 0.717) is 22.1 Å². The number of rotatable bonds is 5. The van der Waals surface area contributed by atoms with Crippen LogP contribution in [0.3, 0.4) is 0 Å². The van der Waals surface area contributed by atoms with Crippen LogP contribution >= 0.6 is 0 Å². The van der Waals surface area contributed by atoms with Gasteiger partial charge in [-0.15, -0.1) is 0 Å². The number of allylic oxidation sites excluding steroid dienone is 9. The zero-order chi connectivity index (χ0) is 29.9. The predicted molar refractivity (Wildman–Crippen MR) is 172 cm³/mol. The molecule has 0 bridgehead atoms. The second-order valence-electron chi connectivity index (χ2n) is 11.1. The van der Waals surface area contributed by atoms with Crippen molar-refractivity contribution in [3.8, 4) is 0 Å². The highest BCUT2D eigenvalue weighted by molar-refractivity contribution is 6.42. The molecule has 0 N–H and O–H groups in total. The Hall–Kier alpha value is -5.88. The summed E-state index contributed by atoms with van der Waals surface area (Å²) in [7, 11) is 0.